The lowest BCUT2D eigenvalue weighted by Gasteiger charge is -1.99. The van der Waals surface area contributed by atoms with Crippen molar-refractivity contribution in [2.45, 2.75) is 6.42 Å². The molecule has 0 radical (unpaired) electrons. The summed E-state index contributed by atoms with van der Waals surface area (Å²) in [4.78, 5) is 17.2. The number of thiazole rings is 1. The molecule has 1 heterocycles. The van der Waals surface area contributed by atoms with Gasteiger partial charge in [0.15, 0.2) is 10.8 Å². The number of aromatic hydroxyl groups is 1. The van der Waals surface area contributed by atoms with E-state index >= 15 is 0 Å². The van der Waals surface area contributed by atoms with Gasteiger partial charge in [0.05, 0.1) is 4.88 Å². The lowest BCUT2D eigenvalue weighted by Crippen LogP contribution is -2.02. The number of carbonyl (C=O) groups excluding carboxylic acids is 1. The molecule has 0 saturated carbocycles. The second kappa shape index (κ2) is 6.07. The molecule has 0 atom stereocenters. The summed E-state index contributed by atoms with van der Waals surface area (Å²) in [6.45, 7) is 0. The van der Waals surface area contributed by atoms with E-state index in [0.717, 1.165) is 10.4 Å². The average molecular weight is 313 g/mol. The molecule has 1 aromatic heterocycles. The van der Waals surface area contributed by atoms with Crippen LogP contribution in [0.3, 0.4) is 0 Å². The van der Waals surface area contributed by atoms with E-state index in [1.165, 1.54) is 23.5 Å². The third kappa shape index (κ3) is 3.20. The second-order valence-corrected chi connectivity index (χ2v) is 5.84. The number of Topliss-reactive ketones (excluding diaryl/α,β-unsaturated/α-hetero) is 1. The number of halogens is 1. The summed E-state index contributed by atoms with van der Waals surface area (Å²) in [5.41, 5.74) is 1.52. The van der Waals surface area contributed by atoms with E-state index in [9.17, 15) is 14.3 Å². The molecule has 5 heteroatoms. The highest BCUT2D eigenvalue weighted by molar-refractivity contribution is 7.17. The fourth-order valence-electron chi connectivity index (χ4n) is 2.07. The first-order chi connectivity index (χ1) is 10.6. The molecule has 0 aliphatic rings. The molecule has 0 bridgehead atoms. The summed E-state index contributed by atoms with van der Waals surface area (Å²) in [7, 11) is 0. The van der Waals surface area contributed by atoms with Crippen LogP contribution in [0.25, 0.3) is 10.4 Å². The molecule has 0 aliphatic carbocycles. The van der Waals surface area contributed by atoms with Gasteiger partial charge in [-0.05, 0) is 47.5 Å². The Hall–Kier alpha value is -2.53. The lowest BCUT2D eigenvalue weighted by atomic mass is 10.1. The molecule has 3 nitrogen and oxygen atoms in total. The molecule has 0 unspecified atom stereocenters. The van der Waals surface area contributed by atoms with Gasteiger partial charge in [0, 0.05) is 12.6 Å². The Morgan fingerprint density at radius 2 is 1.95 bits per heavy atom. The molecule has 22 heavy (non-hydrogen) atoms. The Morgan fingerprint density at radius 3 is 2.68 bits per heavy atom. The van der Waals surface area contributed by atoms with Crippen molar-refractivity contribution in [1.29, 1.82) is 0 Å². The molecular weight excluding hydrogens is 301 g/mol. The lowest BCUT2D eigenvalue weighted by molar-refractivity contribution is 0.0992. The van der Waals surface area contributed by atoms with Gasteiger partial charge in [0.2, 0.25) is 0 Å². The second-order valence-electron chi connectivity index (χ2n) is 4.81. The molecular formula is C17H12FNO2S. The first-order valence-electron chi connectivity index (χ1n) is 6.65. The average Bonchev–Trinajstić information content (AvgIpc) is 2.98. The summed E-state index contributed by atoms with van der Waals surface area (Å²) in [6.07, 6.45) is 1.76. The van der Waals surface area contributed by atoms with Crippen molar-refractivity contribution in [3.05, 3.63) is 71.1 Å². The third-order valence-corrected chi connectivity index (χ3v) is 4.24. The Bertz CT molecular complexity index is 812. The largest absolute Gasteiger partial charge is 0.508 e. The highest BCUT2D eigenvalue weighted by atomic mass is 32.1. The molecule has 0 spiro atoms. The van der Waals surface area contributed by atoms with Crippen molar-refractivity contribution in [1.82, 2.24) is 4.98 Å². The quantitative estimate of drug-likeness (QED) is 0.738. The van der Waals surface area contributed by atoms with E-state index in [0.29, 0.717) is 10.6 Å². The normalized spacial score (nSPS) is 10.6. The zero-order valence-electron chi connectivity index (χ0n) is 11.5. The van der Waals surface area contributed by atoms with Gasteiger partial charge < -0.3 is 5.11 Å². The molecule has 2 aromatic carbocycles. The number of nitrogens with zero attached hydrogens (tertiary/aromatic N) is 1. The van der Waals surface area contributed by atoms with Gasteiger partial charge in [-0.15, -0.1) is 11.3 Å². The SMILES string of the molecule is O=C(Cc1cccc(F)c1)c1ncc(-c2ccc(O)cc2)s1. The number of aromatic nitrogens is 1. The minimum Gasteiger partial charge on any atom is -0.508 e. The number of ketones is 1. The summed E-state index contributed by atoms with van der Waals surface area (Å²) >= 11 is 1.29. The van der Waals surface area contributed by atoms with Gasteiger partial charge in [-0.1, -0.05) is 12.1 Å². The van der Waals surface area contributed by atoms with Crippen LogP contribution in [0.5, 0.6) is 5.75 Å². The van der Waals surface area contributed by atoms with Gasteiger partial charge in [-0.3, -0.25) is 4.79 Å². The Balaban J connectivity index is 1.78. The van der Waals surface area contributed by atoms with E-state index in [1.54, 1.807) is 42.6 Å². The number of phenolic OH excluding ortho intramolecular Hbond substituents is 1. The summed E-state index contributed by atoms with van der Waals surface area (Å²) in [6, 6.07) is 12.7. The maximum absolute atomic E-state index is 13.1. The smallest absolute Gasteiger partial charge is 0.195 e. The van der Waals surface area contributed by atoms with E-state index in [1.807, 2.05) is 0 Å². The van der Waals surface area contributed by atoms with E-state index < -0.39 is 0 Å². The molecule has 0 saturated heterocycles. The van der Waals surface area contributed by atoms with Crippen LogP contribution in [0.1, 0.15) is 15.4 Å². The molecule has 0 fully saturated rings. The van der Waals surface area contributed by atoms with Crippen molar-refractivity contribution in [2.75, 3.05) is 0 Å². The Morgan fingerprint density at radius 1 is 1.18 bits per heavy atom. The van der Waals surface area contributed by atoms with Gasteiger partial charge in [0.1, 0.15) is 11.6 Å². The number of hydrogen-bond donors (Lipinski definition) is 1. The van der Waals surface area contributed by atoms with Gasteiger partial charge in [0.25, 0.3) is 0 Å². The van der Waals surface area contributed by atoms with Crippen molar-refractivity contribution >= 4 is 17.1 Å². The predicted molar refractivity (Wildman–Crippen MR) is 83.6 cm³/mol. The van der Waals surface area contributed by atoms with Crippen LogP contribution in [-0.4, -0.2) is 15.9 Å². The predicted octanol–water partition coefficient (Wildman–Crippen LogP) is 4.08. The summed E-state index contributed by atoms with van der Waals surface area (Å²) in [5, 5.41) is 9.68. The molecule has 3 rings (SSSR count). The number of carbonyl (C=O) groups is 1. The zero-order chi connectivity index (χ0) is 15.5. The van der Waals surface area contributed by atoms with E-state index in [-0.39, 0.29) is 23.8 Å². The minimum atomic E-state index is -0.353. The van der Waals surface area contributed by atoms with Crippen molar-refractivity contribution < 1.29 is 14.3 Å². The fourth-order valence-corrected chi connectivity index (χ4v) is 2.93. The number of hydrogen-bond acceptors (Lipinski definition) is 4. The maximum Gasteiger partial charge on any atom is 0.195 e. The topological polar surface area (TPSA) is 50.2 Å². The highest BCUT2D eigenvalue weighted by Crippen LogP contribution is 2.28. The van der Waals surface area contributed by atoms with Crippen LogP contribution in [0.2, 0.25) is 0 Å². The maximum atomic E-state index is 13.1. The van der Waals surface area contributed by atoms with Gasteiger partial charge in [-0.2, -0.15) is 0 Å². The zero-order valence-corrected chi connectivity index (χ0v) is 12.3. The van der Waals surface area contributed by atoms with Crippen molar-refractivity contribution in [3.8, 4) is 16.2 Å². The van der Waals surface area contributed by atoms with Crippen LogP contribution in [0, 0.1) is 5.82 Å². The van der Waals surface area contributed by atoms with Crippen molar-refractivity contribution in [2.24, 2.45) is 0 Å². The Kier molecular flexibility index (Phi) is 3.98. The van der Waals surface area contributed by atoms with Crippen LogP contribution in [0.15, 0.2) is 54.7 Å². The first-order valence-corrected chi connectivity index (χ1v) is 7.46. The molecule has 0 amide bonds. The number of benzene rings is 2. The summed E-state index contributed by atoms with van der Waals surface area (Å²) < 4.78 is 13.1. The number of rotatable bonds is 4. The standard InChI is InChI=1S/C17H12FNO2S/c18-13-3-1-2-11(8-13)9-15(21)17-19-10-16(22-17)12-4-6-14(20)7-5-12/h1-8,10,20H,9H2. The molecule has 1 N–H and O–H groups in total. The van der Waals surface area contributed by atoms with Crippen molar-refractivity contribution in [3.63, 3.8) is 0 Å². The monoisotopic (exact) mass is 313 g/mol. The van der Waals surface area contributed by atoms with Gasteiger partial charge in [-0.25, -0.2) is 9.37 Å². The minimum absolute atomic E-state index is 0.125. The van der Waals surface area contributed by atoms with Crippen LogP contribution >= 0.6 is 11.3 Å². The third-order valence-electron chi connectivity index (χ3n) is 3.15. The highest BCUT2D eigenvalue weighted by Gasteiger charge is 2.13. The summed E-state index contributed by atoms with van der Waals surface area (Å²) in [5.74, 6) is -0.300. The number of phenols is 1. The molecule has 0 aliphatic heterocycles. The van der Waals surface area contributed by atoms with Crippen LogP contribution in [0.4, 0.5) is 4.39 Å². The van der Waals surface area contributed by atoms with E-state index in [2.05, 4.69) is 4.98 Å². The first kappa shape index (κ1) is 14.4. The van der Waals surface area contributed by atoms with Gasteiger partial charge >= 0.3 is 0 Å². The van der Waals surface area contributed by atoms with E-state index in [4.69, 9.17) is 0 Å². The van der Waals surface area contributed by atoms with Crippen LogP contribution in [-0.2, 0) is 6.42 Å². The molecule has 110 valence electrons. The Labute approximate surface area is 130 Å². The molecule has 3 aromatic rings. The van der Waals surface area contributed by atoms with Crippen LogP contribution < -0.4 is 0 Å². The fraction of sp³-hybridized carbons (Fsp3) is 0.0588.